The lowest BCUT2D eigenvalue weighted by Crippen LogP contribution is -2.16. The van der Waals surface area contributed by atoms with E-state index in [0.29, 0.717) is 16.9 Å². The third-order valence-electron chi connectivity index (χ3n) is 3.91. The van der Waals surface area contributed by atoms with Crippen molar-refractivity contribution in [1.82, 2.24) is 4.98 Å². The smallest absolute Gasteiger partial charge is 0.268 e. The zero-order valence-corrected chi connectivity index (χ0v) is 14.0. The van der Waals surface area contributed by atoms with Crippen LogP contribution in [-0.2, 0) is 6.61 Å². The van der Waals surface area contributed by atoms with Gasteiger partial charge in [0, 0.05) is 11.1 Å². The van der Waals surface area contributed by atoms with Gasteiger partial charge in [-0.15, -0.1) is 0 Å². The normalized spacial score (nSPS) is 10.0. The molecule has 0 radical (unpaired) electrons. The van der Waals surface area contributed by atoms with Crippen molar-refractivity contribution in [3.8, 4) is 29.0 Å². The van der Waals surface area contributed by atoms with E-state index < -0.39 is 5.56 Å². The minimum Gasteiger partial charge on any atom is -0.488 e. The molecule has 0 aliphatic carbocycles. The fraction of sp³-hybridized carbons (Fsp3) is 0.0500. The zero-order valence-electron chi connectivity index (χ0n) is 14.0. The van der Waals surface area contributed by atoms with E-state index in [1.54, 1.807) is 36.4 Å². The highest BCUT2D eigenvalue weighted by Gasteiger charge is 2.20. The molecule has 27 heavy (non-hydrogen) atoms. The quantitative estimate of drug-likeness (QED) is 0.742. The highest BCUT2D eigenvalue weighted by molar-refractivity contribution is 5.83. The summed E-state index contributed by atoms with van der Waals surface area (Å²) in [5.74, 6) is -0.179. The Labute approximate surface area is 153 Å². The molecule has 2 aromatic carbocycles. The summed E-state index contributed by atoms with van der Waals surface area (Å²) in [5, 5.41) is 18.9. The maximum absolute atomic E-state index is 13.3. The Hall–Kier alpha value is -4.10. The van der Waals surface area contributed by atoms with E-state index in [0.717, 1.165) is 0 Å². The Kier molecular flexibility index (Phi) is 4.87. The Morgan fingerprint density at radius 1 is 1.07 bits per heavy atom. The zero-order chi connectivity index (χ0) is 19.4. The number of aromatic nitrogens is 1. The Balaban J connectivity index is 2.11. The van der Waals surface area contributed by atoms with Crippen LogP contribution in [-0.4, -0.2) is 4.98 Å². The number of benzene rings is 2. The molecule has 3 N–H and O–H groups in total. The van der Waals surface area contributed by atoms with Crippen LogP contribution in [0, 0.1) is 28.5 Å². The lowest BCUT2D eigenvalue weighted by molar-refractivity contribution is 0.307. The molecule has 1 aromatic heterocycles. The highest BCUT2D eigenvalue weighted by Crippen LogP contribution is 2.35. The number of pyridine rings is 1. The van der Waals surface area contributed by atoms with Gasteiger partial charge in [0.25, 0.3) is 5.56 Å². The largest absolute Gasteiger partial charge is 0.488 e. The molecule has 0 spiro atoms. The van der Waals surface area contributed by atoms with E-state index in [9.17, 15) is 19.7 Å². The van der Waals surface area contributed by atoms with Crippen LogP contribution < -0.4 is 16.0 Å². The first kappa shape index (κ1) is 17.7. The molecule has 3 rings (SSSR count). The lowest BCUT2D eigenvalue weighted by atomic mass is 9.96. The van der Waals surface area contributed by atoms with Crippen molar-refractivity contribution in [1.29, 1.82) is 10.5 Å². The van der Waals surface area contributed by atoms with Gasteiger partial charge >= 0.3 is 0 Å². The summed E-state index contributed by atoms with van der Waals surface area (Å²) in [4.78, 5) is 14.4. The predicted octanol–water partition coefficient (Wildman–Crippen LogP) is 3.09. The van der Waals surface area contributed by atoms with Crippen LogP contribution in [0.5, 0.6) is 5.75 Å². The Bertz CT molecular complexity index is 1160. The van der Waals surface area contributed by atoms with Gasteiger partial charge in [-0.05, 0) is 23.8 Å². The molecule has 3 aromatic rings. The number of halogens is 1. The van der Waals surface area contributed by atoms with Crippen molar-refractivity contribution in [3.05, 3.63) is 81.4 Å². The van der Waals surface area contributed by atoms with E-state index in [4.69, 9.17) is 10.5 Å². The van der Waals surface area contributed by atoms with Gasteiger partial charge in [-0.1, -0.05) is 30.3 Å². The number of nitrogens with one attached hydrogen (secondary N) is 1. The SMILES string of the molecule is N#Cc1c(N)[nH]c(=O)c(C#N)c1-c1ccccc1OCc1cccc(F)c1. The van der Waals surface area contributed by atoms with Gasteiger partial charge in [0.1, 0.15) is 47.3 Å². The van der Waals surface area contributed by atoms with Gasteiger partial charge in [0.05, 0.1) is 0 Å². The number of nitrogen functional groups attached to an aromatic ring is 1. The number of nitriles is 2. The van der Waals surface area contributed by atoms with Gasteiger partial charge in [-0.2, -0.15) is 10.5 Å². The molecule has 7 heteroatoms. The average Bonchev–Trinajstić information content (AvgIpc) is 2.66. The number of para-hydroxylation sites is 1. The third kappa shape index (κ3) is 3.48. The molecule has 0 fully saturated rings. The molecule has 6 nitrogen and oxygen atoms in total. The van der Waals surface area contributed by atoms with Crippen LogP contribution >= 0.6 is 0 Å². The van der Waals surface area contributed by atoms with Gasteiger partial charge in [-0.25, -0.2) is 4.39 Å². The summed E-state index contributed by atoms with van der Waals surface area (Å²) >= 11 is 0. The van der Waals surface area contributed by atoms with Gasteiger partial charge in [0.2, 0.25) is 0 Å². The number of nitrogens with two attached hydrogens (primary N) is 1. The minimum absolute atomic E-state index is 0.0204. The number of hydrogen-bond donors (Lipinski definition) is 2. The molecule has 0 bridgehead atoms. The molecule has 0 aliphatic rings. The van der Waals surface area contributed by atoms with Crippen LogP contribution in [0.1, 0.15) is 16.7 Å². The number of rotatable bonds is 4. The maximum atomic E-state index is 13.3. The molecule has 132 valence electrons. The molecule has 0 aliphatic heterocycles. The summed E-state index contributed by atoms with van der Waals surface area (Å²) in [7, 11) is 0. The van der Waals surface area contributed by atoms with Crippen molar-refractivity contribution in [2.75, 3.05) is 5.73 Å². The monoisotopic (exact) mass is 360 g/mol. The second kappa shape index (κ2) is 7.42. The van der Waals surface area contributed by atoms with Crippen molar-refractivity contribution < 1.29 is 9.13 Å². The molecule has 0 saturated carbocycles. The predicted molar refractivity (Wildman–Crippen MR) is 97.1 cm³/mol. The number of H-pyrrole nitrogens is 1. The fourth-order valence-corrected chi connectivity index (χ4v) is 2.70. The standard InChI is InChI=1S/C20H13FN4O2/c21-13-5-3-4-12(8-13)11-27-17-7-2-1-6-14(17)18-15(9-22)19(24)25-20(26)16(18)10-23/h1-8H,11H2,(H3,24,25,26). The molecule has 1 heterocycles. The van der Waals surface area contributed by atoms with Crippen LogP contribution in [0.3, 0.4) is 0 Å². The van der Waals surface area contributed by atoms with Gasteiger partial charge < -0.3 is 15.5 Å². The van der Waals surface area contributed by atoms with Crippen LogP contribution in [0.4, 0.5) is 10.2 Å². The van der Waals surface area contributed by atoms with E-state index in [1.807, 2.05) is 12.1 Å². The van der Waals surface area contributed by atoms with E-state index in [1.165, 1.54) is 12.1 Å². The van der Waals surface area contributed by atoms with E-state index >= 15 is 0 Å². The topological polar surface area (TPSA) is 116 Å². The average molecular weight is 360 g/mol. The first-order chi connectivity index (χ1) is 13.0. The number of nitrogens with zero attached hydrogens (tertiary/aromatic N) is 2. The molecule has 0 amide bonds. The number of anilines is 1. The summed E-state index contributed by atoms with van der Waals surface area (Å²) in [6, 6.07) is 16.3. The fourth-order valence-electron chi connectivity index (χ4n) is 2.70. The van der Waals surface area contributed by atoms with Crippen molar-refractivity contribution in [2.24, 2.45) is 0 Å². The summed E-state index contributed by atoms with van der Waals surface area (Å²) < 4.78 is 19.1. The van der Waals surface area contributed by atoms with Crippen molar-refractivity contribution in [3.63, 3.8) is 0 Å². The Morgan fingerprint density at radius 2 is 1.81 bits per heavy atom. The number of ether oxygens (including phenoxy) is 1. The molecular weight excluding hydrogens is 347 g/mol. The second-order valence-corrected chi connectivity index (χ2v) is 5.63. The molecule has 0 unspecified atom stereocenters. The lowest BCUT2D eigenvalue weighted by Gasteiger charge is -2.14. The van der Waals surface area contributed by atoms with Gasteiger partial charge in [-0.3, -0.25) is 4.79 Å². The van der Waals surface area contributed by atoms with E-state index in [-0.39, 0.29) is 34.9 Å². The molecule has 0 atom stereocenters. The van der Waals surface area contributed by atoms with Crippen LogP contribution in [0.25, 0.3) is 11.1 Å². The first-order valence-electron chi connectivity index (χ1n) is 7.87. The number of hydrogen-bond acceptors (Lipinski definition) is 5. The Morgan fingerprint density at radius 3 is 2.52 bits per heavy atom. The van der Waals surface area contributed by atoms with Gasteiger partial charge in [0.15, 0.2) is 0 Å². The minimum atomic E-state index is -0.691. The maximum Gasteiger partial charge on any atom is 0.268 e. The van der Waals surface area contributed by atoms with Crippen molar-refractivity contribution in [2.45, 2.75) is 6.61 Å². The molecular formula is C20H13FN4O2. The van der Waals surface area contributed by atoms with E-state index in [2.05, 4.69) is 4.98 Å². The summed E-state index contributed by atoms with van der Waals surface area (Å²) in [6.45, 7) is 0.0667. The summed E-state index contributed by atoms with van der Waals surface area (Å²) in [5.41, 5.74) is 5.90. The van der Waals surface area contributed by atoms with Crippen LogP contribution in [0.2, 0.25) is 0 Å². The van der Waals surface area contributed by atoms with Crippen molar-refractivity contribution >= 4 is 5.82 Å². The highest BCUT2D eigenvalue weighted by atomic mass is 19.1. The third-order valence-corrected chi connectivity index (χ3v) is 3.91. The first-order valence-corrected chi connectivity index (χ1v) is 7.87. The second-order valence-electron chi connectivity index (χ2n) is 5.63. The summed E-state index contributed by atoms with van der Waals surface area (Å²) in [6.07, 6.45) is 0. The number of aromatic amines is 1. The van der Waals surface area contributed by atoms with Crippen LogP contribution in [0.15, 0.2) is 53.3 Å². The molecule has 0 saturated heterocycles.